The SMILES string of the molecule is COc1ccc(CNC(=O)/C(C#N)=C\c2cc(Cl)c(OCc3ccccc3Cl)c(Br)c2)cc1. The predicted octanol–water partition coefficient (Wildman–Crippen LogP) is 6.57. The van der Waals surface area contributed by atoms with Gasteiger partial charge >= 0.3 is 0 Å². The van der Waals surface area contributed by atoms with Crippen molar-refractivity contribution in [3.63, 3.8) is 0 Å². The second-order valence-corrected chi connectivity index (χ2v) is 8.56. The molecule has 0 saturated heterocycles. The first-order valence-electron chi connectivity index (χ1n) is 9.79. The Bertz CT molecular complexity index is 1200. The van der Waals surface area contributed by atoms with E-state index >= 15 is 0 Å². The van der Waals surface area contributed by atoms with E-state index in [0.29, 0.717) is 25.8 Å². The van der Waals surface area contributed by atoms with Gasteiger partial charge in [0.15, 0.2) is 5.75 Å². The highest BCUT2D eigenvalue weighted by atomic mass is 79.9. The summed E-state index contributed by atoms with van der Waals surface area (Å²) >= 11 is 16.0. The van der Waals surface area contributed by atoms with Gasteiger partial charge in [-0.3, -0.25) is 4.79 Å². The van der Waals surface area contributed by atoms with E-state index in [1.165, 1.54) is 6.08 Å². The van der Waals surface area contributed by atoms with E-state index in [4.69, 9.17) is 32.7 Å². The number of hydrogen-bond donors (Lipinski definition) is 1. The Morgan fingerprint density at radius 1 is 1.12 bits per heavy atom. The summed E-state index contributed by atoms with van der Waals surface area (Å²) in [6.07, 6.45) is 1.47. The van der Waals surface area contributed by atoms with Crippen molar-refractivity contribution in [1.82, 2.24) is 5.32 Å². The molecule has 0 heterocycles. The van der Waals surface area contributed by atoms with Crippen molar-refractivity contribution in [2.24, 2.45) is 0 Å². The molecule has 0 unspecified atom stereocenters. The Hall–Kier alpha value is -2.98. The highest BCUT2D eigenvalue weighted by Crippen LogP contribution is 2.36. The molecule has 0 aliphatic rings. The van der Waals surface area contributed by atoms with E-state index in [9.17, 15) is 10.1 Å². The zero-order valence-corrected chi connectivity index (χ0v) is 20.7. The van der Waals surface area contributed by atoms with Gasteiger partial charge < -0.3 is 14.8 Å². The molecule has 1 amide bonds. The average molecular weight is 546 g/mol. The van der Waals surface area contributed by atoms with Gasteiger partial charge in [0.1, 0.15) is 24.0 Å². The molecule has 5 nitrogen and oxygen atoms in total. The van der Waals surface area contributed by atoms with Gasteiger partial charge in [-0.25, -0.2) is 0 Å². The lowest BCUT2D eigenvalue weighted by Gasteiger charge is -2.12. The average Bonchev–Trinajstić information content (AvgIpc) is 2.81. The summed E-state index contributed by atoms with van der Waals surface area (Å²) in [5.74, 6) is 0.681. The maximum atomic E-state index is 12.5. The van der Waals surface area contributed by atoms with E-state index in [0.717, 1.165) is 16.9 Å². The van der Waals surface area contributed by atoms with Gasteiger partial charge in [0.05, 0.1) is 16.6 Å². The third kappa shape index (κ3) is 6.75. The molecule has 0 atom stereocenters. The minimum absolute atomic E-state index is 0.0452. The van der Waals surface area contributed by atoms with Crippen LogP contribution in [0.2, 0.25) is 10.0 Å². The van der Waals surface area contributed by atoms with E-state index in [2.05, 4.69) is 21.2 Å². The lowest BCUT2D eigenvalue weighted by Crippen LogP contribution is -2.23. The number of rotatable bonds is 8. The molecule has 8 heteroatoms. The van der Waals surface area contributed by atoms with Crippen LogP contribution in [0.5, 0.6) is 11.5 Å². The molecule has 0 bridgehead atoms. The molecule has 0 fully saturated rings. The van der Waals surface area contributed by atoms with Crippen LogP contribution in [0.1, 0.15) is 16.7 Å². The predicted molar refractivity (Wildman–Crippen MR) is 133 cm³/mol. The van der Waals surface area contributed by atoms with Crippen LogP contribution in [-0.2, 0) is 17.9 Å². The van der Waals surface area contributed by atoms with Crippen LogP contribution in [0.4, 0.5) is 0 Å². The molecule has 0 radical (unpaired) electrons. The number of hydrogen-bond acceptors (Lipinski definition) is 4. The number of nitriles is 1. The van der Waals surface area contributed by atoms with Crippen LogP contribution in [0.15, 0.2) is 70.7 Å². The summed E-state index contributed by atoms with van der Waals surface area (Å²) in [4.78, 5) is 12.5. The summed E-state index contributed by atoms with van der Waals surface area (Å²) in [7, 11) is 1.59. The molecule has 33 heavy (non-hydrogen) atoms. The molecule has 3 aromatic carbocycles. The van der Waals surface area contributed by atoms with Gasteiger partial charge in [0, 0.05) is 17.1 Å². The molecular formula is C25H19BrCl2N2O3. The van der Waals surface area contributed by atoms with Crippen LogP contribution in [0.25, 0.3) is 6.08 Å². The molecule has 0 spiro atoms. The number of nitrogens with one attached hydrogen (secondary N) is 1. The Balaban J connectivity index is 1.70. The van der Waals surface area contributed by atoms with Crippen molar-refractivity contribution in [1.29, 1.82) is 5.26 Å². The topological polar surface area (TPSA) is 71.3 Å². The maximum absolute atomic E-state index is 12.5. The van der Waals surface area contributed by atoms with Crippen LogP contribution < -0.4 is 14.8 Å². The first kappa shape index (κ1) is 24.7. The van der Waals surface area contributed by atoms with Gasteiger partial charge in [0.25, 0.3) is 5.91 Å². The molecule has 1 N–H and O–H groups in total. The van der Waals surface area contributed by atoms with Crippen LogP contribution in [0.3, 0.4) is 0 Å². The first-order valence-corrected chi connectivity index (χ1v) is 11.3. The largest absolute Gasteiger partial charge is 0.497 e. The fraction of sp³-hybridized carbons (Fsp3) is 0.120. The van der Waals surface area contributed by atoms with Gasteiger partial charge in [-0.1, -0.05) is 53.5 Å². The highest BCUT2D eigenvalue weighted by Gasteiger charge is 2.13. The summed E-state index contributed by atoms with van der Waals surface area (Å²) in [5, 5.41) is 13.1. The van der Waals surface area contributed by atoms with Crippen molar-refractivity contribution in [2.45, 2.75) is 13.2 Å². The van der Waals surface area contributed by atoms with E-state index in [1.807, 2.05) is 36.4 Å². The number of methoxy groups -OCH3 is 1. The van der Waals surface area contributed by atoms with Crippen LogP contribution >= 0.6 is 39.1 Å². The Morgan fingerprint density at radius 2 is 1.85 bits per heavy atom. The summed E-state index contributed by atoms with van der Waals surface area (Å²) in [5.41, 5.74) is 2.24. The Labute approximate surface area is 210 Å². The zero-order chi connectivity index (χ0) is 23.8. The van der Waals surface area contributed by atoms with Crippen LogP contribution in [-0.4, -0.2) is 13.0 Å². The van der Waals surface area contributed by atoms with Crippen molar-refractivity contribution in [3.8, 4) is 17.6 Å². The van der Waals surface area contributed by atoms with Crippen LogP contribution in [0, 0.1) is 11.3 Å². The van der Waals surface area contributed by atoms with E-state index in [-0.39, 0.29) is 18.7 Å². The van der Waals surface area contributed by atoms with Gasteiger partial charge in [-0.15, -0.1) is 0 Å². The van der Waals surface area contributed by atoms with Gasteiger partial charge in [-0.2, -0.15) is 5.26 Å². The molecule has 0 saturated carbocycles. The number of benzene rings is 3. The van der Waals surface area contributed by atoms with E-state index < -0.39 is 5.91 Å². The summed E-state index contributed by atoms with van der Waals surface area (Å²) in [6, 6.07) is 19.9. The third-order valence-electron chi connectivity index (χ3n) is 4.64. The highest BCUT2D eigenvalue weighted by molar-refractivity contribution is 9.10. The third-order valence-corrected chi connectivity index (χ3v) is 5.88. The lowest BCUT2D eigenvalue weighted by atomic mass is 10.1. The number of nitrogens with zero attached hydrogens (tertiary/aromatic N) is 1. The van der Waals surface area contributed by atoms with Crippen molar-refractivity contribution < 1.29 is 14.3 Å². The number of halogens is 3. The molecule has 0 aliphatic carbocycles. The molecule has 0 aliphatic heterocycles. The number of carbonyl (C=O) groups excluding carboxylic acids is 1. The Kier molecular flexibility index (Phi) is 8.79. The fourth-order valence-electron chi connectivity index (χ4n) is 2.90. The number of carbonyl (C=O) groups is 1. The number of ether oxygens (including phenoxy) is 2. The first-order chi connectivity index (χ1) is 15.9. The zero-order valence-electron chi connectivity index (χ0n) is 17.6. The molecule has 3 aromatic rings. The molecule has 3 rings (SSSR count). The minimum Gasteiger partial charge on any atom is -0.497 e. The summed E-state index contributed by atoms with van der Waals surface area (Å²) in [6.45, 7) is 0.519. The fourth-order valence-corrected chi connectivity index (χ4v) is 4.08. The minimum atomic E-state index is -0.486. The van der Waals surface area contributed by atoms with Gasteiger partial charge in [-0.05, 0) is 63.5 Å². The van der Waals surface area contributed by atoms with E-state index in [1.54, 1.807) is 37.4 Å². The normalized spacial score (nSPS) is 10.9. The van der Waals surface area contributed by atoms with Crippen molar-refractivity contribution in [2.75, 3.05) is 7.11 Å². The number of amides is 1. The smallest absolute Gasteiger partial charge is 0.262 e. The molecule has 0 aromatic heterocycles. The van der Waals surface area contributed by atoms with Crippen molar-refractivity contribution >= 4 is 51.1 Å². The monoisotopic (exact) mass is 544 g/mol. The quantitative estimate of drug-likeness (QED) is 0.257. The lowest BCUT2D eigenvalue weighted by molar-refractivity contribution is -0.117. The maximum Gasteiger partial charge on any atom is 0.262 e. The molecule has 168 valence electrons. The van der Waals surface area contributed by atoms with Crippen molar-refractivity contribution in [3.05, 3.63) is 97.4 Å². The second-order valence-electron chi connectivity index (χ2n) is 6.89. The Morgan fingerprint density at radius 3 is 2.48 bits per heavy atom. The standard InChI is InChI=1S/C25H19BrCl2N2O3/c1-32-20-8-6-16(7-9-20)14-30-25(31)19(13-29)10-17-11-21(26)24(23(28)12-17)33-15-18-4-2-3-5-22(18)27/h2-12H,14-15H2,1H3,(H,30,31)/b19-10-. The summed E-state index contributed by atoms with van der Waals surface area (Å²) < 4.78 is 11.5. The van der Waals surface area contributed by atoms with Gasteiger partial charge in [0.2, 0.25) is 0 Å². The molecular weight excluding hydrogens is 527 g/mol. The second kappa shape index (κ2) is 11.8.